The molecule has 1 amide bonds. The number of rotatable bonds is 5. The van der Waals surface area contributed by atoms with Gasteiger partial charge in [-0.25, -0.2) is 8.78 Å². The second-order valence-electron chi connectivity index (χ2n) is 3.62. The van der Waals surface area contributed by atoms with Crippen LogP contribution in [-0.4, -0.2) is 13.0 Å². The van der Waals surface area contributed by atoms with Gasteiger partial charge in [-0.15, -0.1) is 0 Å². The first-order chi connectivity index (χ1) is 7.95. The molecule has 17 heavy (non-hydrogen) atoms. The van der Waals surface area contributed by atoms with Gasteiger partial charge in [-0.2, -0.15) is 0 Å². The van der Waals surface area contributed by atoms with Crippen molar-refractivity contribution in [2.24, 2.45) is 11.5 Å². The Balaban J connectivity index is 2.93. The Morgan fingerprint density at radius 3 is 2.35 bits per heavy atom. The van der Waals surface area contributed by atoms with E-state index in [1.165, 1.54) is 7.11 Å². The Morgan fingerprint density at radius 1 is 1.41 bits per heavy atom. The summed E-state index contributed by atoms with van der Waals surface area (Å²) in [7, 11) is 1.31. The molecule has 6 heteroatoms. The molecule has 1 aromatic rings. The molecule has 1 aromatic carbocycles. The number of halogens is 2. The average Bonchev–Trinajstić information content (AvgIpc) is 2.25. The SMILES string of the molecule is COc1cc(F)c(C(N)CCC(N)=O)c(F)c1. The van der Waals surface area contributed by atoms with E-state index in [9.17, 15) is 13.6 Å². The van der Waals surface area contributed by atoms with E-state index in [1.54, 1.807) is 0 Å². The Bertz CT molecular complexity index is 401. The van der Waals surface area contributed by atoms with Crippen molar-refractivity contribution >= 4 is 5.91 Å². The van der Waals surface area contributed by atoms with Crippen LogP contribution >= 0.6 is 0 Å². The van der Waals surface area contributed by atoms with Crippen molar-refractivity contribution in [3.63, 3.8) is 0 Å². The van der Waals surface area contributed by atoms with Crippen LogP contribution in [-0.2, 0) is 4.79 Å². The molecule has 4 N–H and O–H groups in total. The second kappa shape index (κ2) is 5.58. The summed E-state index contributed by atoms with van der Waals surface area (Å²) in [5.74, 6) is -2.07. The Kier molecular flexibility index (Phi) is 4.39. The lowest BCUT2D eigenvalue weighted by Gasteiger charge is -2.14. The zero-order chi connectivity index (χ0) is 13.0. The molecule has 0 radical (unpaired) electrons. The Morgan fingerprint density at radius 2 is 1.94 bits per heavy atom. The molecule has 0 heterocycles. The summed E-state index contributed by atoms with van der Waals surface area (Å²) in [5, 5.41) is 0. The predicted octanol–water partition coefficient (Wildman–Crippen LogP) is 1.24. The van der Waals surface area contributed by atoms with Crippen LogP contribution in [0.25, 0.3) is 0 Å². The third kappa shape index (κ3) is 3.39. The normalized spacial score (nSPS) is 12.2. The predicted molar refractivity (Wildman–Crippen MR) is 58.3 cm³/mol. The van der Waals surface area contributed by atoms with Crippen LogP contribution < -0.4 is 16.2 Å². The fraction of sp³-hybridized carbons (Fsp3) is 0.364. The molecule has 1 unspecified atom stereocenters. The molecule has 1 atom stereocenters. The van der Waals surface area contributed by atoms with Gasteiger partial charge in [0.2, 0.25) is 5.91 Å². The maximum Gasteiger partial charge on any atom is 0.217 e. The van der Waals surface area contributed by atoms with Gasteiger partial charge in [-0.05, 0) is 6.42 Å². The number of ether oxygens (including phenoxy) is 1. The average molecular weight is 244 g/mol. The van der Waals surface area contributed by atoms with Crippen molar-refractivity contribution in [1.82, 2.24) is 0 Å². The van der Waals surface area contributed by atoms with Crippen molar-refractivity contribution in [2.75, 3.05) is 7.11 Å². The summed E-state index contributed by atoms with van der Waals surface area (Å²) in [6.07, 6.45) is 0.0710. The highest BCUT2D eigenvalue weighted by Crippen LogP contribution is 2.26. The standard InChI is InChI=1S/C11H14F2N2O2/c1-17-6-4-7(12)11(8(13)5-6)9(14)2-3-10(15)16/h4-5,9H,2-3,14H2,1H3,(H2,15,16). The molecular formula is C11H14F2N2O2. The molecule has 94 valence electrons. The van der Waals surface area contributed by atoms with Gasteiger partial charge in [0.15, 0.2) is 0 Å². The number of amides is 1. The van der Waals surface area contributed by atoms with Gasteiger partial charge in [0, 0.05) is 30.2 Å². The molecule has 0 aliphatic rings. The first-order valence-corrected chi connectivity index (χ1v) is 5.02. The molecular weight excluding hydrogens is 230 g/mol. The first-order valence-electron chi connectivity index (χ1n) is 5.02. The van der Waals surface area contributed by atoms with Gasteiger partial charge in [0.25, 0.3) is 0 Å². The quantitative estimate of drug-likeness (QED) is 0.817. The number of carbonyl (C=O) groups excluding carboxylic acids is 1. The minimum Gasteiger partial charge on any atom is -0.497 e. The van der Waals surface area contributed by atoms with E-state index in [4.69, 9.17) is 16.2 Å². The zero-order valence-corrected chi connectivity index (χ0v) is 9.37. The van der Waals surface area contributed by atoms with Crippen molar-refractivity contribution in [3.05, 3.63) is 29.3 Å². The van der Waals surface area contributed by atoms with E-state index < -0.39 is 23.6 Å². The number of methoxy groups -OCH3 is 1. The summed E-state index contributed by atoms with van der Waals surface area (Å²) in [4.78, 5) is 10.6. The van der Waals surface area contributed by atoms with Gasteiger partial charge in [-0.1, -0.05) is 0 Å². The van der Waals surface area contributed by atoms with Gasteiger partial charge >= 0.3 is 0 Å². The van der Waals surface area contributed by atoms with Gasteiger partial charge in [0.05, 0.1) is 7.11 Å². The van der Waals surface area contributed by atoms with Crippen molar-refractivity contribution in [3.8, 4) is 5.75 Å². The van der Waals surface area contributed by atoms with Crippen molar-refractivity contribution in [2.45, 2.75) is 18.9 Å². The highest BCUT2D eigenvalue weighted by Gasteiger charge is 2.18. The first kappa shape index (κ1) is 13.4. The summed E-state index contributed by atoms with van der Waals surface area (Å²) < 4.78 is 31.8. The van der Waals surface area contributed by atoms with Crippen LogP contribution in [0, 0.1) is 11.6 Å². The summed E-state index contributed by atoms with van der Waals surface area (Å²) in [6.45, 7) is 0. The maximum atomic E-state index is 13.6. The highest BCUT2D eigenvalue weighted by molar-refractivity contribution is 5.73. The van der Waals surface area contributed by atoms with E-state index in [0.717, 1.165) is 12.1 Å². The molecule has 4 nitrogen and oxygen atoms in total. The Labute approximate surface area is 97.5 Å². The summed E-state index contributed by atoms with van der Waals surface area (Å²) >= 11 is 0. The van der Waals surface area contributed by atoms with Gasteiger partial charge < -0.3 is 16.2 Å². The van der Waals surface area contributed by atoms with E-state index in [2.05, 4.69) is 0 Å². The summed E-state index contributed by atoms with van der Waals surface area (Å²) in [6, 6.07) is 1.18. The molecule has 0 spiro atoms. The largest absolute Gasteiger partial charge is 0.497 e. The van der Waals surface area contributed by atoms with Crippen LogP contribution in [0.2, 0.25) is 0 Å². The number of hydrogen-bond acceptors (Lipinski definition) is 3. The van der Waals surface area contributed by atoms with E-state index in [-0.39, 0.29) is 24.2 Å². The van der Waals surface area contributed by atoms with Crippen LogP contribution in [0.15, 0.2) is 12.1 Å². The fourth-order valence-electron chi connectivity index (χ4n) is 1.48. The lowest BCUT2D eigenvalue weighted by atomic mass is 10.0. The minimum atomic E-state index is -0.909. The molecule has 0 saturated carbocycles. The van der Waals surface area contributed by atoms with Crippen molar-refractivity contribution < 1.29 is 18.3 Å². The van der Waals surface area contributed by atoms with Gasteiger partial charge in [0.1, 0.15) is 17.4 Å². The third-order valence-corrected chi connectivity index (χ3v) is 2.36. The molecule has 0 aromatic heterocycles. The smallest absolute Gasteiger partial charge is 0.217 e. The van der Waals surface area contributed by atoms with E-state index in [1.807, 2.05) is 0 Å². The molecule has 0 bridgehead atoms. The number of benzene rings is 1. The molecule has 1 rings (SSSR count). The van der Waals surface area contributed by atoms with Crippen LogP contribution in [0.1, 0.15) is 24.4 Å². The Hall–Kier alpha value is -1.69. The lowest BCUT2D eigenvalue weighted by molar-refractivity contribution is -0.118. The summed E-state index contributed by atoms with van der Waals surface area (Å²) in [5.41, 5.74) is 10.3. The second-order valence-corrected chi connectivity index (χ2v) is 3.62. The zero-order valence-electron chi connectivity index (χ0n) is 9.37. The highest BCUT2D eigenvalue weighted by atomic mass is 19.1. The number of hydrogen-bond donors (Lipinski definition) is 2. The minimum absolute atomic E-state index is 0.0218. The monoisotopic (exact) mass is 244 g/mol. The van der Waals surface area contributed by atoms with E-state index in [0.29, 0.717) is 0 Å². The molecule has 0 aliphatic carbocycles. The topological polar surface area (TPSA) is 78.3 Å². The maximum absolute atomic E-state index is 13.6. The van der Waals surface area contributed by atoms with Crippen LogP contribution in [0.4, 0.5) is 8.78 Å². The third-order valence-electron chi connectivity index (χ3n) is 2.36. The van der Waals surface area contributed by atoms with Crippen LogP contribution in [0.5, 0.6) is 5.75 Å². The molecule has 0 aliphatic heterocycles. The molecule has 0 saturated heterocycles. The van der Waals surface area contributed by atoms with Crippen molar-refractivity contribution in [1.29, 1.82) is 0 Å². The fourth-order valence-corrected chi connectivity index (χ4v) is 1.48. The number of nitrogens with two attached hydrogens (primary N) is 2. The molecule has 0 fully saturated rings. The van der Waals surface area contributed by atoms with Crippen LogP contribution in [0.3, 0.4) is 0 Å². The lowest BCUT2D eigenvalue weighted by Crippen LogP contribution is -2.18. The van der Waals surface area contributed by atoms with E-state index >= 15 is 0 Å². The van der Waals surface area contributed by atoms with Gasteiger partial charge in [-0.3, -0.25) is 4.79 Å². The number of primary amides is 1. The number of carbonyl (C=O) groups is 1.